The van der Waals surface area contributed by atoms with Crippen LogP contribution in [0.5, 0.6) is 0 Å². The van der Waals surface area contributed by atoms with Gasteiger partial charge in [0, 0.05) is 24.7 Å². The van der Waals surface area contributed by atoms with Crippen LogP contribution in [0.15, 0.2) is 23.1 Å². The van der Waals surface area contributed by atoms with E-state index in [0.29, 0.717) is 18.1 Å². The highest BCUT2D eigenvalue weighted by Crippen LogP contribution is 2.20. The van der Waals surface area contributed by atoms with Crippen molar-refractivity contribution in [2.45, 2.75) is 24.3 Å². The average molecular weight is 318 g/mol. The lowest BCUT2D eigenvalue weighted by atomic mass is 10.2. The summed E-state index contributed by atoms with van der Waals surface area (Å²) in [7, 11) is -3.50. The van der Waals surface area contributed by atoms with Crippen LogP contribution in [0.3, 0.4) is 0 Å². The first-order valence-electron chi connectivity index (χ1n) is 6.73. The summed E-state index contributed by atoms with van der Waals surface area (Å²) >= 11 is 5.99. The van der Waals surface area contributed by atoms with Gasteiger partial charge in [-0.15, -0.1) is 0 Å². The Hall–Kier alpha value is -0.660. The van der Waals surface area contributed by atoms with Gasteiger partial charge in [-0.25, -0.2) is 13.1 Å². The largest absolute Gasteiger partial charge is 0.326 e. The zero-order valence-electron chi connectivity index (χ0n) is 11.3. The monoisotopic (exact) mass is 317 g/mol. The van der Waals surface area contributed by atoms with E-state index in [0.717, 1.165) is 25.2 Å². The Labute approximate surface area is 125 Å². The van der Waals surface area contributed by atoms with Crippen molar-refractivity contribution < 1.29 is 8.42 Å². The lowest BCUT2D eigenvalue weighted by Gasteiger charge is -2.15. The second kappa shape index (κ2) is 6.87. The molecule has 0 atom stereocenters. The molecule has 5 nitrogen and oxygen atoms in total. The third-order valence-corrected chi connectivity index (χ3v) is 5.28. The number of nitrogens with two attached hydrogens (primary N) is 1. The summed E-state index contributed by atoms with van der Waals surface area (Å²) in [4.78, 5) is 2.44. The molecule has 0 spiro atoms. The lowest BCUT2D eigenvalue weighted by molar-refractivity contribution is 0.344. The molecule has 1 aliphatic heterocycles. The third-order valence-electron chi connectivity index (χ3n) is 3.47. The minimum absolute atomic E-state index is 0.182. The van der Waals surface area contributed by atoms with Crippen molar-refractivity contribution in [3.63, 3.8) is 0 Å². The van der Waals surface area contributed by atoms with Gasteiger partial charge < -0.3 is 10.6 Å². The van der Waals surface area contributed by atoms with E-state index in [2.05, 4.69) is 9.62 Å². The highest BCUT2D eigenvalue weighted by atomic mass is 35.5. The number of rotatable bonds is 6. The highest BCUT2D eigenvalue weighted by Gasteiger charge is 2.16. The van der Waals surface area contributed by atoms with Crippen LogP contribution in [0.1, 0.15) is 18.4 Å². The van der Waals surface area contributed by atoms with E-state index < -0.39 is 10.0 Å². The van der Waals surface area contributed by atoms with Gasteiger partial charge in [-0.05, 0) is 43.6 Å². The Kier molecular flexibility index (Phi) is 5.40. The Balaban J connectivity index is 1.96. The molecule has 3 N–H and O–H groups in total. The number of likely N-dealkylation sites (tertiary alicyclic amines) is 1. The van der Waals surface area contributed by atoms with Gasteiger partial charge in [-0.2, -0.15) is 0 Å². The third kappa shape index (κ3) is 3.93. The molecule has 1 aliphatic rings. The molecule has 1 aromatic rings. The summed E-state index contributed by atoms with van der Waals surface area (Å²) < 4.78 is 26.9. The molecule has 2 rings (SSSR count). The van der Waals surface area contributed by atoms with Gasteiger partial charge in [0.15, 0.2) is 0 Å². The van der Waals surface area contributed by atoms with E-state index in [1.807, 2.05) is 0 Å². The summed E-state index contributed by atoms with van der Waals surface area (Å²) in [6.45, 7) is 3.56. The minimum Gasteiger partial charge on any atom is -0.326 e. The molecule has 0 unspecified atom stereocenters. The summed E-state index contributed by atoms with van der Waals surface area (Å²) in [6, 6.07) is 4.63. The number of halogens is 1. The smallest absolute Gasteiger partial charge is 0.240 e. The van der Waals surface area contributed by atoms with E-state index >= 15 is 0 Å². The normalized spacial score (nSPS) is 16.7. The van der Waals surface area contributed by atoms with Gasteiger partial charge in [0.25, 0.3) is 0 Å². The molecule has 1 fully saturated rings. The Morgan fingerprint density at radius 3 is 2.60 bits per heavy atom. The molecule has 0 bridgehead atoms. The first kappa shape index (κ1) is 15.7. The van der Waals surface area contributed by atoms with Crippen LogP contribution in [0, 0.1) is 0 Å². The molecule has 0 aliphatic carbocycles. The summed E-state index contributed by atoms with van der Waals surface area (Å²) in [5, 5.41) is 0.384. The van der Waals surface area contributed by atoms with Gasteiger partial charge in [-0.3, -0.25) is 0 Å². The van der Waals surface area contributed by atoms with Gasteiger partial charge in [0.2, 0.25) is 10.0 Å². The zero-order valence-corrected chi connectivity index (χ0v) is 12.9. The standard InChI is InChI=1S/C13H20ClN3O2S/c14-13-9-12(4-3-11(13)10-15)20(18,19)16-5-8-17-6-1-2-7-17/h3-4,9,16H,1-2,5-8,10,15H2. The number of nitrogens with one attached hydrogen (secondary N) is 1. The Bertz CT molecular complexity index is 557. The van der Waals surface area contributed by atoms with Crippen LogP contribution in [0.2, 0.25) is 5.02 Å². The van der Waals surface area contributed by atoms with E-state index in [9.17, 15) is 8.42 Å². The lowest BCUT2D eigenvalue weighted by Crippen LogP contribution is -2.33. The van der Waals surface area contributed by atoms with Crippen molar-refractivity contribution in [1.29, 1.82) is 0 Å². The maximum atomic E-state index is 12.1. The second-order valence-corrected chi connectivity index (χ2v) is 7.08. The molecule has 1 heterocycles. The molecule has 1 saturated heterocycles. The molecule has 7 heteroatoms. The molecule has 0 radical (unpaired) electrons. The van der Waals surface area contributed by atoms with Gasteiger partial charge in [-0.1, -0.05) is 17.7 Å². The van der Waals surface area contributed by atoms with E-state index in [-0.39, 0.29) is 4.90 Å². The minimum atomic E-state index is -3.50. The van der Waals surface area contributed by atoms with Crippen LogP contribution in [-0.4, -0.2) is 39.5 Å². The summed E-state index contributed by atoms with van der Waals surface area (Å²) in [5.74, 6) is 0. The summed E-state index contributed by atoms with van der Waals surface area (Å²) in [6.07, 6.45) is 2.39. The van der Waals surface area contributed by atoms with Crippen LogP contribution < -0.4 is 10.5 Å². The van der Waals surface area contributed by atoms with Crippen molar-refractivity contribution in [3.05, 3.63) is 28.8 Å². The SMILES string of the molecule is NCc1ccc(S(=O)(=O)NCCN2CCCC2)cc1Cl. The number of hydrogen-bond donors (Lipinski definition) is 2. The fourth-order valence-corrected chi connectivity index (χ4v) is 3.66. The fraction of sp³-hybridized carbons (Fsp3) is 0.538. The highest BCUT2D eigenvalue weighted by molar-refractivity contribution is 7.89. The number of hydrogen-bond acceptors (Lipinski definition) is 4. The first-order chi connectivity index (χ1) is 9.53. The summed E-state index contributed by atoms with van der Waals surface area (Å²) in [5.41, 5.74) is 6.24. The van der Waals surface area contributed by atoms with Crippen LogP contribution >= 0.6 is 11.6 Å². The predicted molar refractivity (Wildman–Crippen MR) is 80.2 cm³/mol. The van der Waals surface area contributed by atoms with Crippen LogP contribution in [0.25, 0.3) is 0 Å². The van der Waals surface area contributed by atoms with Crippen molar-refractivity contribution in [1.82, 2.24) is 9.62 Å². The van der Waals surface area contributed by atoms with E-state index in [1.54, 1.807) is 6.07 Å². The molecule has 20 heavy (non-hydrogen) atoms. The van der Waals surface area contributed by atoms with Gasteiger partial charge in [0.05, 0.1) is 4.90 Å². The van der Waals surface area contributed by atoms with Crippen molar-refractivity contribution in [2.24, 2.45) is 5.73 Å². The van der Waals surface area contributed by atoms with Gasteiger partial charge in [0.1, 0.15) is 0 Å². The maximum absolute atomic E-state index is 12.1. The maximum Gasteiger partial charge on any atom is 0.240 e. The number of sulfonamides is 1. The van der Waals surface area contributed by atoms with Crippen molar-refractivity contribution in [2.75, 3.05) is 26.2 Å². The first-order valence-corrected chi connectivity index (χ1v) is 8.59. The number of benzene rings is 1. The molecule has 112 valence electrons. The Morgan fingerprint density at radius 1 is 1.30 bits per heavy atom. The second-order valence-electron chi connectivity index (χ2n) is 4.90. The molecular weight excluding hydrogens is 298 g/mol. The van der Waals surface area contributed by atoms with Gasteiger partial charge >= 0.3 is 0 Å². The topological polar surface area (TPSA) is 75.4 Å². The quantitative estimate of drug-likeness (QED) is 0.826. The van der Waals surface area contributed by atoms with E-state index in [1.165, 1.54) is 25.0 Å². The molecule has 1 aromatic carbocycles. The molecule has 0 aromatic heterocycles. The van der Waals surface area contributed by atoms with Crippen molar-refractivity contribution >= 4 is 21.6 Å². The Morgan fingerprint density at radius 2 is 2.00 bits per heavy atom. The van der Waals surface area contributed by atoms with Crippen LogP contribution in [0.4, 0.5) is 0 Å². The molecule has 0 amide bonds. The zero-order chi connectivity index (χ0) is 14.6. The molecular formula is C13H20ClN3O2S. The number of nitrogens with zero attached hydrogens (tertiary/aromatic N) is 1. The van der Waals surface area contributed by atoms with Crippen LogP contribution in [-0.2, 0) is 16.6 Å². The average Bonchev–Trinajstić information content (AvgIpc) is 2.91. The molecule has 0 saturated carbocycles. The van der Waals surface area contributed by atoms with Crippen molar-refractivity contribution in [3.8, 4) is 0 Å². The van der Waals surface area contributed by atoms with E-state index in [4.69, 9.17) is 17.3 Å². The predicted octanol–water partition coefficient (Wildman–Crippen LogP) is 1.17. The fourth-order valence-electron chi connectivity index (χ4n) is 2.29.